The van der Waals surface area contributed by atoms with Gasteiger partial charge in [0.1, 0.15) is 5.76 Å². The summed E-state index contributed by atoms with van der Waals surface area (Å²) in [6.45, 7) is 3.93. The summed E-state index contributed by atoms with van der Waals surface area (Å²) in [7, 11) is 0. The molecule has 0 aromatic heterocycles. The van der Waals surface area contributed by atoms with Gasteiger partial charge in [0.15, 0.2) is 0 Å². The molecule has 0 fully saturated rings. The van der Waals surface area contributed by atoms with Gasteiger partial charge in [-0.05, 0) is 18.9 Å². The first kappa shape index (κ1) is 14.1. The second-order valence-electron chi connectivity index (χ2n) is 4.22. The third kappa shape index (κ3) is 2.79. The van der Waals surface area contributed by atoms with E-state index in [-0.39, 0.29) is 12.4 Å². The Hall–Kier alpha value is -2.36. The molecule has 0 bridgehead atoms. The smallest absolute Gasteiger partial charge is 0.344 e. The number of benzene rings is 1. The lowest BCUT2D eigenvalue weighted by Gasteiger charge is -2.02. The highest BCUT2D eigenvalue weighted by Gasteiger charge is 2.30. The van der Waals surface area contributed by atoms with Crippen molar-refractivity contribution in [3.8, 4) is 0 Å². The molecule has 104 valence electrons. The van der Waals surface area contributed by atoms with Crippen molar-refractivity contribution in [1.82, 2.24) is 0 Å². The van der Waals surface area contributed by atoms with Crippen LogP contribution in [0, 0.1) is 0 Å². The van der Waals surface area contributed by atoms with E-state index < -0.39 is 11.9 Å². The van der Waals surface area contributed by atoms with Gasteiger partial charge in [-0.15, -0.1) is 0 Å². The van der Waals surface area contributed by atoms with Gasteiger partial charge in [-0.3, -0.25) is 0 Å². The summed E-state index contributed by atoms with van der Waals surface area (Å²) in [6.07, 6.45) is 1.83. The maximum atomic E-state index is 12.0. The summed E-state index contributed by atoms with van der Waals surface area (Å²) in [5.74, 6) is -0.644. The van der Waals surface area contributed by atoms with Crippen molar-refractivity contribution in [3.05, 3.63) is 53.3 Å². The van der Waals surface area contributed by atoms with Crippen LogP contribution in [-0.2, 0) is 19.1 Å². The molecule has 4 nitrogen and oxygen atoms in total. The van der Waals surface area contributed by atoms with Crippen molar-refractivity contribution in [1.29, 1.82) is 0 Å². The summed E-state index contributed by atoms with van der Waals surface area (Å²) in [5, 5.41) is 0. The number of ether oxygens (including phenoxy) is 2. The van der Waals surface area contributed by atoms with Crippen molar-refractivity contribution < 1.29 is 19.1 Å². The summed E-state index contributed by atoms with van der Waals surface area (Å²) < 4.78 is 10.0. The Morgan fingerprint density at radius 2 is 1.95 bits per heavy atom. The molecule has 0 saturated heterocycles. The van der Waals surface area contributed by atoms with Gasteiger partial charge in [0.25, 0.3) is 0 Å². The molecular formula is C16H16O4. The van der Waals surface area contributed by atoms with E-state index in [1.54, 1.807) is 6.92 Å². The maximum Gasteiger partial charge on any atom is 0.344 e. The lowest BCUT2D eigenvalue weighted by molar-refractivity contribution is -0.137. The zero-order valence-corrected chi connectivity index (χ0v) is 11.5. The van der Waals surface area contributed by atoms with Crippen LogP contribution in [0.4, 0.5) is 0 Å². The summed E-state index contributed by atoms with van der Waals surface area (Å²) in [4.78, 5) is 23.5. The number of cyclic esters (lactones) is 1. The molecule has 1 heterocycles. The quantitative estimate of drug-likeness (QED) is 0.624. The summed E-state index contributed by atoms with van der Waals surface area (Å²) >= 11 is 0. The van der Waals surface area contributed by atoms with Crippen LogP contribution in [0.2, 0.25) is 0 Å². The number of allylic oxidation sites excluding steroid dienone is 1. The molecule has 4 heteroatoms. The van der Waals surface area contributed by atoms with Gasteiger partial charge in [-0.2, -0.15) is 0 Å². The minimum atomic E-state index is -0.504. The Bertz CT molecular complexity index is 582. The van der Waals surface area contributed by atoms with Crippen molar-refractivity contribution in [3.63, 3.8) is 0 Å². The van der Waals surface area contributed by atoms with Gasteiger partial charge in [0.2, 0.25) is 0 Å². The summed E-state index contributed by atoms with van der Waals surface area (Å²) in [6, 6.07) is 9.29. The second-order valence-corrected chi connectivity index (χ2v) is 4.22. The van der Waals surface area contributed by atoms with E-state index in [4.69, 9.17) is 9.47 Å². The molecule has 1 aromatic carbocycles. The van der Waals surface area contributed by atoms with Crippen LogP contribution in [0.15, 0.2) is 47.7 Å². The molecule has 1 aromatic rings. The molecule has 0 N–H and O–H groups in total. The Morgan fingerprint density at radius 3 is 2.55 bits per heavy atom. The second kappa shape index (κ2) is 6.19. The molecule has 20 heavy (non-hydrogen) atoms. The minimum Gasteiger partial charge on any atom is -0.463 e. The van der Waals surface area contributed by atoms with E-state index in [0.717, 1.165) is 11.1 Å². The lowest BCUT2D eigenvalue weighted by atomic mass is 9.99. The largest absolute Gasteiger partial charge is 0.463 e. The first-order valence-corrected chi connectivity index (χ1v) is 6.57. The molecule has 0 spiro atoms. The Balaban J connectivity index is 2.43. The van der Waals surface area contributed by atoms with E-state index in [1.807, 2.05) is 37.3 Å². The predicted molar refractivity (Wildman–Crippen MR) is 74.5 cm³/mol. The Morgan fingerprint density at radius 1 is 1.25 bits per heavy atom. The fourth-order valence-corrected chi connectivity index (χ4v) is 2.11. The highest BCUT2D eigenvalue weighted by molar-refractivity contribution is 6.21. The summed E-state index contributed by atoms with van der Waals surface area (Å²) in [5.41, 5.74) is 2.04. The van der Waals surface area contributed by atoms with E-state index in [1.165, 1.54) is 6.08 Å². The van der Waals surface area contributed by atoms with Crippen molar-refractivity contribution in [2.45, 2.75) is 20.3 Å². The monoisotopic (exact) mass is 272 g/mol. The number of carbonyl (C=O) groups is 2. The number of esters is 2. The number of hydrogen-bond donors (Lipinski definition) is 0. The molecular weight excluding hydrogens is 256 g/mol. The topological polar surface area (TPSA) is 52.6 Å². The highest BCUT2D eigenvalue weighted by atomic mass is 16.6. The molecule has 0 saturated carbocycles. The van der Waals surface area contributed by atoms with Gasteiger partial charge in [0.05, 0.1) is 18.3 Å². The molecule has 0 aliphatic carbocycles. The van der Waals surface area contributed by atoms with Crippen molar-refractivity contribution in [2.24, 2.45) is 0 Å². The number of rotatable bonds is 4. The molecule has 1 aliphatic rings. The highest BCUT2D eigenvalue weighted by Crippen LogP contribution is 2.34. The van der Waals surface area contributed by atoms with Crippen LogP contribution in [0.25, 0.3) is 5.57 Å². The van der Waals surface area contributed by atoms with E-state index in [0.29, 0.717) is 12.0 Å². The molecule has 0 radical (unpaired) electrons. The van der Waals surface area contributed by atoms with E-state index in [9.17, 15) is 9.59 Å². The number of carbonyl (C=O) groups excluding carboxylic acids is 2. The standard InChI is InChI=1S/C16H16O4/c1-3-12-13(10-14(17)19-4-2)20-16(18)15(12)11-8-6-5-7-9-11/h5-10H,3-4H2,1-2H3/b13-10-. The first-order valence-electron chi connectivity index (χ1n) is 6.57. The minimum absolute atomic E-state index is 0.285. The maximum absolute atomic E-state index is 12.0. The van der Waals surface area contributed by atoms with Crippen LogP contribution in [0.1, 0.15) is 25.8 Å². The van der Waals surface area contributed by atoms with Gasteiger partial charge in [-0.25, -0.2) is 9.59 Å². The molecule has 0 atom stereocenters. The van der Waals surface area contributed by atoms with Gasteiger partial charge in [0, 0.05) is 5.57 Å². The SMILES string of the molecule is CCOC(=O)/C=C1\OC(=O)C(c2ccccc2)=C1CC. The van der Waals surface area contributed by atoms with Gasteiger partial charge < -0.3 is 9.47 Å². The predicted octanol–water partition coefficient (Wildman–Crippen LogP) is 2.85. The number of hydrogen-bond acceptors (Lipinski definition) is 4. The fourth-order valence-electron chi connectivity index (χ4n) is 2.11. The fraction of sp³-hybridized carbons (Fsp3) is 0.250. The molecule has 0 amide bonds. The first-order chi connectivity index (χ1) is 9.67. The van der Waals surface area contributed by atoms with Crippen LogP contribution in [0.5, 0.6) is 0 Å². The van der Waals surface area contributed by atoms with Crippen LogP contribution >= 0.6 is 0 Å². The molecule has 0 unspecified atom stereocenters. The third-order valence-corrected chi connectivity index (χ3v) is 2.96. The van der Waals surface area contributed by atoms with Gasteiger partial charge in [-0.1, -0.05) is 37.3 Å². The third-order valence-electron chi connectivity index (χ3n) is 2.96. The normalized spacial score (nSPS) is 16.5. The van der Waals surface area contributed by atoms with Crippen LogP contribution in [-0.4, -0.2) is 18.5 Å². The van der Waals surface area contributed by atoms with Crippen molar-refractivity contribution in [2.75, 3.05) is 6.61 Å². The van der Waals surface area contributed by atoms with Crippen LogP contribution in [0.3, 0.4) is 0 Å². The zero-order chi connectivity index (χ0) is 14.5. The lowest BCUT2D eigenvalue weighted by Crippen LogP contribution is -2.02. The van der Waals surface area contributed by atoms with E-state index >= 15 is 0 Å². The van der Waals surface area contributed by atoms with Gasteiger partial charge >= 0.3 is 11.9 Å². The average molecular weight is 272 g/mol. The molecule has 2 rings (SSSR count). The van der Waals surface area contributed by atoms with E-state index in [2.05, 4.69) is 0 Å². The Kier molecular flexibility index (Phi) is 4.35. The molecule has 1 aliphatic heterocycles. The average Bonchev–Trinajstić information content (AvgIpc) is 2.75. The van der Waals surface area contributed by atoms with Crippen LogP contribution < -0.4 is 0 Å². The van der Waals surface area contributed by atoms with Crippen molar-refractivity contribution >= 4 is 17.5 Å². The zero-order valence-electron chi connectivity index (χ0n) is 11.5. The Labute approximate surface area is 117 Å².